The molecule has 0 saturated heterocycles. The summed E-state index contributed by atoms with van der Waals surface area (Å²) < 4.78 is 6.08. The predicted molar refractivity (Wildman–Crippen MR) is 59.3 cm³/mol. The van der Waals surface area contributed by atoms with Crippen LogP contribution in [0.25, 0.3) is 0 Å². The third-order valence-electron chi connectivity index (χ3n) is 2.07. The number of benzene rings is 1. The lowest BCUT2D eigenvalue weighted by atomic mass is 10.0. The van der Waals surface area contributed by atoms with Crippen LogP contribution in [0, 0.1) is 0 Å². The van der Waals surface area contributed by atoms with Gasteiger partial charge in [-0.15, -0.1) is 0 Å². The molecule has 78 valence electrons. The average molecular weight is 260 g/mol. The number of aliphatic hydroxyl groups is 1. The van der Waals surface area contributed by atoms with Crippen LogP contribution in [0.3, 0.4) is 0 Å². The normalized spacial score (nSPS) is 14.9. The van der Waals surface area contributed by atoms with Crippen LogP contribution in [0.2, 0.25) is 0 Å². The van der Waals surface area contributed by atoms with Gasteiger partial charge in [-0.05, 0) is 25.1 Å². The summed E-state index contributed by atoms with van der Waals surface area (Å²) in [5.41, 5.74) is 6.63. The van der Waals surface area contributed by atoms with Crippen LogP contribution in [-0.2, 0) is 0 Å². The van der Waals surface area contributed by atoms with E-state index >= 15 is 0 Å². The fourth-order valence-corrected chi connectivity index (χ4v) is 1.60. The molecular weight excluding hydrogens is 246 g/mol. The molecule has 1 rings (SSSR count). The molecule has 0 heterocycles. The number of halogens is 1. The first-order valence-electron chi connectivity index (χ1n) is 4.33. The Morgan fingerprint density at radius 2 is 2.14 bits per heavy atom. The Hall–Kier alpha value is -0.580. The molecule has 0 aliphatic rings. The summed E-state index contributed by atoms with van der Waals surface area (Å²) in [5, 5.41) is 9.39. The number of aliphatic hydroxyl groups excluding tert-OH is 1. The van der Waals surface area contributed by atoms with Gasteiger partial charge in [-0.1, -0.05) is 15.9 Å². The van der Waals surface area contributed by atoms with Crippen LogP contribution in [0.5, 0.6) is 5.75 Å². The Morgan fingerprint density at radius 1 is 1.50 bits per heavy atom. The molecule has 0 saturated carbocycles. The molecule has 0 amide bonds. The van der Waals surface area contributed by atoms with Gasteiger partial charge in [-0.3, -0.25) is 0 Å². The highest BCUT2D eigenvalue weighted by Crippen LogP contribution is 2.28. The van der Waals surface area contributed by atoms with Crippen LogP contribution in [-0.4, -0.2) is 18.3 Å². The maximum Gasteiger partial charge on any atom is 0.123 e. The third-order valence-corrected chi connectivity index (χ3v) is 2.56. The number of hydrogen-bond donors (Lipinski definition) is 2. The summed E-state index contributed by atoms with van der Waals surface area (Å²) in [6.07, 6.45) is -0.599. The Labute approximate surface area is 92.0 Å². The lowest BCUT2D eigenvalue weighted by Crippen LogP contribution is -2.23. The second-order valence-corrected chi connectivity index (χ2v) is 4.07. The Balaban J connectivity index is 3.10. The first-order chi connectivity index (χ1) is 6.56. The molecule has 0 aliphatic carbocycles. The molecular formula is C10H14BrNO2. The van der Waals surface area contributed by atoms with E-state index in [4.69, 9.17) is 10.5 Å². The maximum absolute atomic E-state index is 9.39. The fraction of sp³-hybridized carbons (Fsp3) is 0.400. The summed E-state index contributed by atoms with van der Waals surface area (Å²) in [6.45, 7) is 1.66. The standard InChI is InChI=1S/C10H14BrNO2/c1-6(13)10(12)8-5-7(11)3-4-9(8)14-2/h3-6,10,13H,12H2,1-2H3/t6-,10+/m1/s1. The van der Waals surface area contributed by atoms with Crippen molar-refractivity contribution in [2.45, 2.75) is 19.1 Å². The van der Waals surface area contributed by atoms with Crippen molar-refractivity contribution in [1.29, 1.82) is 0 Å². The molecule has 3 N–H and O–H groups in total. The van der Waals surface area contributed by atoms with Gasteiger partial charge in [0.25, 0.3) is 0 Å². The lowest BCUT2D eigenvalue weighted by Gasteiger charge is -2.18. The van der Waals surface area contributed by atoms with E-state index in [1.807, 2.05) is 18.2 Å². The van der Waals surface area contributed by atoms with E-state index in [1.165, 1.54) is 0 Å². The third kappa shape index (κ3) is 2.47. The number of methoxy groups -OCH3 is 1. The van der Waals surface area contributed by atoms with Crippen LogP contribution >= 0.6 is 15.9 Å². The van der Waals surface area contributed by atoms with Gasteiger partial charge in [-0.2, -0.15) is 0 Å². The molecule has 0 aliphatic heterocycles. The predicted octanol–water partition coefficient (Wildman–Crippen LogP) is 1.84. The zero-order valence-corrected chi connectivity index (χ0v) is 9.78. The molecule has 0 radical (unpaired) electrons. The fourth-order valence-electron chi connectivity index (χ4n) is 1.23. The van der Waals surface area contributed by atoms with Crippen LogP contribution in [0.1, 0.15) is 18.5 Å². The van der Waals surface area contributed by atoms with Crippen LogP contribution in [0.15, 0.2) is 22.7 Å². The average Bonchev–Trinajstić information content (AvgIpc) is 2.16. The van der Waals surface area contributed by atoms with E-state index < -0.39 is 12.1 Å². The van der Waals surface area contributed by atoms with Crippen LogP contribution < -0.4 is 10.5 Å². The minimum atomic E-state index is -0.599. The summed E-state index contributed by atoms with van der Waals surface area (Å²) in [5.74, 6) is 0.696. The molecule has 14 heavy (non-hydrogen) atoms. The quantitative estimate of drug-likeness (QED) is 0.871. The first kappa shape index (κ1) is 11.5. The number of nitrogens with two attached hydrogens (primary N) is 1. The summed E-state index contributed by atoms with van der Waals surface area (Å²) >= 11 is 3.35. The van der Waals surface area contributed by atoms with Gasteiger partial charge >= 0.3 is 0 Å². The molecule has 0 aromatic heterocycles. The molecule has 0 bridgehead atoms. The monoisotopic (exact) mass is 259 g/mol. The molecule has 3 nitrogen and oxygen atoms in total. The number of hydrogen-bond acceptors (Lipinski definition) is 3. The van der Waals surface area contributed by atoms with E-state index in [9.17, 15) is 5.11 Å². The SMILES string of the molecule is COc1ccc(Br)cc1[C@@H](N)[C@@H](C)O. The van der Waals surface area contributed by atoms with Crippen molar-refractivity contribution >= 4 is 15.9 Å². The van der Waals surface area contributed by atoms with E-state index in [2.05, 4.69) is 15.9 Å². The van der Waals surface area contributed by atoms with Gasteiger partial charge in [0.15, 0.2) is 0 Å². The summed E-state index contributed by atoms with van der Waals surface area (Å²) in [4.78, 5) is 0. The maximum atomic E-state index is 9.39. The van der Waals surface area contributed by atoms with Gasteiger partial charge < -0.3 is 15.6 Å². The molecule has 1 aromatic rings. The van der Waals surface area contributed by atoms with Crippen molar-refractivity contribution < 1.29 is 9.84 Å². The highest BCUT2D eigenvalue weighted by molar-refractivity contribution is 9.10. The Morgan fingerprint density at radius 3 is 2.64 bits per heavy atom. The molecule has 2 atom stereocenters. The topological polar surface area (TPSA) is 55.5 Å². The minimum Gasteiger partial charge on any atom is -0.496 e. The molecule has 0 spiro atoms. The van der Waals surface area contributed by atoms with Crippen molar-refractivity contribution in [3.8, 4) is 5.75 Å². The highest BCUT2D eigenvalue weighted by atomic mass is 79.9. The second-order valence-electron chi connectivity index (χ2n) is 3.15. The lowest BCUT2D eigenvalue weighted by molar-refractivity contribution is 0.162. The van der Waals surface area contributed by atoms with Crippen molar-refractivity contribution in [3.05, 3.63) is 28.2 Å². The zero-order chi connectivity index (χ0) is 10.7. The van der Waals surface area contributed by atoms with Gasteiger partial charge in [-0.25, -0.2) is 0 Å². The van der Waals surface area contributed by atoms with E-state index in [-0.39, 0.29) is 0 Å². The van der Waals surface area contributed by atoms with Crippen LogP contribution in [0.4, 0.5) is 0 Å². The molecule has 0 fully saturated rings. The second kappa shape index (κ2) is 4.77. The smallest absolute Gasteiger partial charge is 0.123 e. The van der Waals surface area contributed by atoms with Gasteiger partial charge in [0.05, 0.1) is 19.3 Å². The van der Waals surface area contributed by atoms with Gasteiger partial charge in [0.2, 0.25) is 0 Å². The Bertz CT molecular complexity index is 315. The summed E-state index contributed by atoms with van der Waals surface area (Å²) in [7, 11) is 1.58. The largest absolute Gasteiger partial charge is 0.496 e. The number of rotatable bonds is 3. The van der Waals surface area contributed by atoms with Crippen molar-refractivity contribution in [3.63, 3.8) is 0 Å². The van der Waals surface area contributed by atoms with E-state index in [0.29, 0.717) is 5.75 Å². The highest BCUT2D eigenvalue weighted by Gasteiger charge is 2.16. The van der Waals surface area contributed by atoms with E-state index in [0.717, 1.165) is 10.0 Å². The molecule has 4 heteroatoms. The van der Waals surface area contributed by atoms with Crippen molar-refractivity contribution in [1.82, 2.24) is 0 Å². The van der Waals surface area contributed by atoms with Gasteiger partial charge in [0, 0.05) is 10.0 Å². The van der Waals surface area contributed by atoms with Crippen molar-refractivity contribution in [2.75, 3.05) is 7.11 Å². The first-order valence-corrected chi connectivity index (χ1v) is 5.12. The summed E-state index contributed by atoms with van der Waals surface area (Å²) in [6, 6.07) is 5.12. The Kier molecular flexibility index (Phi) is 3.92. The van der Waals surface area contributed by atoms with E-state index in [1.54, 1.807) is 14.0 Å². The molecule has 0 unspecified atom stereocenters. The number of ether oxygens (including phenoxy) is 1. The zero-order valence-electron chi connectivity index (χ0n) is 8.20. The molecule has 1 aromatic carbocycles. The van der Waals surface area contributed by atoms with Crippen molar-refractivity contribution in [2.24, 2.45) is 5.73 Å². The minimum absolute atomic E-state index is 0.428. The van der Waals surface area contributed by atoms with Gasteiger partial charge in [0.1, 0.15) is 5.75 Å².